The molecule has 0 aromatic heterocycles. The van der Waals surface area contributed by atoms with Crippen molar-refractivity contribution in [3.8, 4) is 0 Å². The molecule has 1 N–H and O–H groups in total. The average molecular weight is 285 g/mol. The first-order valence-corrected chi connectivity index (χ1v) is 7.44. The molecule has 0 bridgehead atoms. The molecule has 0 aliphatic carbocycles. The molecule has 0 fully saturated rings. The number of halogens is 1. The third-order valence-corrected chi connectivity index (χ3v) is 3.79. The first kappa shape index (κ1) is 15.7. The second-order valence-electron chi connectivity index (χ2n) is 6.65. The Morgan fingerprint density at radius 3 is 1.95 bits per heavy atom. The maximum absolute atomic E-state index is 13.0. The Morgan fingerprint density at radius 2 is 1.43 bits per heavy atom. The van der Waals surface area contributed by atoms with Crippen LogP contribution < -0.4 is 5.32 Å². The summed E-state index contributed by atoms with van der Waals surface area (Å²) in [5, 5.41) is 3.69. The summed E-state index contributed by atoms with van der Waals surface area (Å²) in [6.07, 6.45) is 0. The third kappa shape index (κ3) is 4.15. The Bertz CT molecular complexity index is 554. The summed E-state index contributed by atoms with van der Waals surface area (Å²) in [6, 6.07) is 17.6. The maximum atomic E-state index is 13.0. The predicted octanol–water partition coefficient (Wildman–Crippen LogP) is 5.26. The van der Waals surface area contributed by atoms with E-state index in [-0.39, 0.29) is 23.3 Å². The van der Waals surface area contributed by atoms with Gasteiger partial charge in [-0.1, -0.05) is 63.2 Å². The Hall–Kier alpha value is -1.67. The molecule has 1 nitrogen and oxygen atoms in total. The van der Waals surface area contributed by atoms with E-state index in [1.165, 1.54) is 17.7 Å². The quantitative estimate of drug-likeness (QED) is 0.807. The molecule has 21 heavy (non-hydrogen) atoms. The highest BCUT2D eigenvalue weighted by atomic mass is 19.1. The maximum Gasteiger partial charge on any atom is 0.123 e. The second kappa shape index (κ2) is 6.40. The highest BCUT2D eigenvalue weighted by Crippen LogP contribution is 2.34. The second-order valence-corrected chi connectivity index (χ2v) is 6.65. The van der Waals surface area contributed by atoms with Crippen molar-refractivity contribution in [3.05, 3.63) is 71.5 Å². The fourth-order valence-electron chi connectivity index (χ4n) is 2.59. The van der Waals surface area contributed by atoms with Gasteiger partial charge in [-0.2, -0.15) is 0 Å². The van der Waals surface area contributed by atoms with Crippen molar-refractivity contribution in [2.24, 2.45) is 5.41 Å². The highest BCUT2D eigenvalue weighted by molar-refractivity contribution is 5.23. The summed E-state index contributed by atoms with van der Waals surface area (Å²) in [5.41, 5.74) is 2.47. The van der Waals surface area contributed by atoms with E-state index in [4.69, 9.17) is 0 Å². The normalized spacial score (nSPS) is 14.7. The molecule has 0 aliphatic rings. The molecule has 2 atom stereocenters. The molecular formula is C19H24FN. The predicted molar refractivity (Wildman–Crippen MR) is 86.6 cm³/mol. The van der Waals surface area contributed by atoms with E-state index in [0.717, 1.165) is 5.56 Å². The minimum atomic E-state index is -0.193. The van der Waals surface area contributed by atoms with Crippen LogP contribution in [0.5, 0.6) is 0 Å². The zero-order chi connectivity index (χ0) is 15.5. The molecule has 2 unspecified atom stereocenters. The number of hydrogen-bond acceptors (Lipinski definition) is 1. The topological polar surface area (TPSA) is 12.0 Å². The van der Waals surface area contributed by atoms with Crippen molar-refractivity contribution in [2.45, 2.75) is 39.8 Å². The molecule has 0 amide bonds. The van der Waals surface area contributed by atoms with E-state index in [1.807, 2.05) is 18.2 Å². The van der Waals surface area contributed by atoms with Gasteiger partial charge in [-0.05, 0) is 35.6 Å². The van der Waals surface area contributed by atoms with Crippen molar-refractivity contribution in [1.82, 2.24) is 5.32 Å². The monoisotopic (exact) mass is 285 g/mol. The Balaban J connectivity index is 2.21. The zero-order valence-corrected chi connectivity index (χ0v) is 13.2. The standard InChI is InChI=1S/C19H24FN/c1-14(15-10-12-17(20)13-11-15)21-18(19(2,3)4)16-8-6-5-7-9-16/h5-14,18,21H,1-4H3. The smallest absolute Gasteiger partial charge is 0.123 e. The molecule has 2 rings (SSSR count). The van der Waals surface area contributed by atoms with Gasteiger partial charge in [-0.25, -0.2) is 4.39 Å². The lowest BCUT2D eigenvalue weighted by atomic mass is 9.81. The van der Waals surface area contributed by atoms with E-state index in [1.54, 1.807) is 0 Å². The van der Waals surface area contributed by atoms with Crippen LogP contribution in [0.2, 0.25) is 0 Å². The van der Waals surface area contributed by atoms with Gasteiger partial charge in [0.05, 0.1) is 0 Å². The number of nitrogens with one attached hydrogen (secondary N) is 1. The van der Waals surface area contributed by atoms with Crippen LogP contribution in [-0.2, 0) is 0 Å². The molecule has 0 heterocycles. The molecular weight excluding hydrogens is 261 g/mol. The summed E-state index contributed by atoms with van der Waals surface area (Å²) < 4.78 is 13.0. The zero-order valence-electron chi connectivity index (χ0n) is 13.2. The fraction of sp³-hybridized carbons (Fsp3) is 0.368. The summed E-state index contributed by atoms with van der Waals surface area (Å²) in [4.78, 5) is 0. The largest absolute Gasteiger partial charge is 0.303 e. The van der Waals surface area contributed by atoms with Gasteiger partial charge in [-0.3, -0.25) is 0 Å². The van der Waals surface area contributed by atoms with E-state index in [9.17, 15) is 4.39 Å². The molecule has 0 aliphatic heterocycles. The van der Waals surface area contributed by atoms with Crippen molar-refractivity contribution >= 4 is 0 Å². The van der Waals surface area contributed by atoms with Crippen LogP contribution in [0.3, 0.4) is 0 Å². The average Bonchev–Trinajstić information content (AvgIpc) is 2.45. The van der Waals surface area contributed by atoms with Gasteiger partial charge in [0, 0.05) is 12.1 Å². The Morgan fingerprint density at radius 1 is 0.857 bits per heavy atom. The van der Waals surface area contributed by atoms with Crippen LogP contribution >= 0.6 is 0 Å². The Kier molecular flexibility index (Phi) is 4.79. The number of rotatable bonds is 4. The lowest BCUT2D eigenvalue weighted by Gasteiger charge is -2.34. The Labute approximate surface area is 127 Å². The molecule has 2 aromatic rings. The van der Waals surface area contributed by atoms with Gasteiger partial charge in [0.2, 0.25) is 0 Å². The van der Waals surface area contributed by atoms with Crippen LogP contribution in [0.4, 0.5) is 4.39 Å². The molecule has 2 aromatic carbocycles. The summed E-state index contributed by atoms with van der Waals surface area (Å²) in [6.45, 7) is 8.81. The minimum absolute atomic E-state index is 0.0929. The van der Waals surface area contributed by atoms with E-state index in [2.05, 4.69) is 57.3 Å². The van der Waals surface area contributed by atoms with Gasteiger partial charge in [0.25, 0.3) is 0 Å². The molecule has 0 radical (unpaired) electrons. The molecule has 0 saturated carbocycles. The van der Waals surface area contributed by atoms with Gasteiger partial charge < -0.3 is 5.32 Å². The van der Waals surface area contributed by atoms with Crippen molar-refractivity contribution in [2.75, 3.05) is 0 Å². The van der Waals surface area contributed by atoms with Gasteiger partial charge in [0.15, 0.2) is 0 Å². The minimum Gasteiger partial charge on any atom is -0.303 e. The molecule has 112 valence electrons. The molecule has 0 saturated heterocycles. The first-order chi connectivity index (χ1) is 9.88. The van der Waals surface area contributed by atoms with Gasteiger partial charge >= 0.3 is 0 Å². The molecule has 2 heteroatoms. The van der Waals surface area contributed by atoms with E-state index in [0.29, 0.717) is 0 Å². The first-order valence-electron chi connectivity index (χ1n) is 7.44. The van der Waals surface area contributed by atoms with Crippen molar-refractivity contribution in [1.29, 1.82) is 0 Å². The van der Waals surface area contributed by atoms with Crippen LogP contribution in [0.1, 0.15) is 50.9 Å². The van der Waals surface area contributed by atoms with Crippen LogP contribution in [0.15, 0.2) is 54.6 Å². The summed E-state index contributed by atoms with van der Waals surface area (Å²) in [7, 11) is 0. The molecule has 0 spiro atoms. The van der Waals surface area contributed by atoms with Crippen LogP contribution in [-0.4, -0.2) is 0 Å². The SMILES string of the molecule is CC(NC(c1ccccc1)C(C)(C)C)c1ccc(F)cc1. The fourth-order valence-corrected chi connectivity index (χ4v) is 2.59. The lowest BCUT2D eigenvalue weighted by molar-refractivity contribution is 0.254. The van der Waals surface area contributed by atoms with Crippen molar-refractivity contribution < 1.29 is 4.39 Å². The third-order valence-electron chi connectivity index (χ3n) is 3.79. The summed E-state index contributed by atoms with van der Waals surface area (Å²) in [5.74, 6) is -0.193. The van der Waals surface area contributed by atoms with Gasteiger partial charge in [0.1, 0.15) is 5.82 Å². The van der Waals surface area contributed by atoms with E-state index < -0.39 is 0 Å². The lowest BCUT2D eigenvalue weighted by Crippen LogP contribution is -2.34. The van der Waals surface area contributed by atoms with E-state index >= 15 is 0 Å². The van der Waals surface area contributed by atoms with Gasteiger partial charge in [-0.15, -0.1) is 0 Å². The van der Waals surface area contributed by atoms with Crippen LogP contribution in [0.25, 0.3) is 0 Å². The number of hydrogen-bond donors (Lipinski definition) is 1. The van der Waals surface area contributed by atoms with Crippen LogP contribution in [0, 0.1) is 11.2 Å². The van der Waals surface area contributed by atoms with Crippen molar-refractivity contribution in [3.63, 3.8) is 0 Å². The summed E-state index contributed by atoms with van der Waals surface area (Å²) >= 11 is 0. The number of benzene rings is 2. The highest BCUT2D eigenvalue weighted by Gasteiger charge is 2.27.